The number of carbonyl (C=O) groups is 1. The van der Waals surface area contributed by atoms with Crippen LogP contribution in [-0.2, 0) is 11.2 Å². The first-order valence-electron chi connectivity index (χ1n) is 9.11. The van der Waals surface area contributed by atoms with E-state index in [4.69, 9.17) is 0 Å². The van der Waals surface area contributed by atoms with Gasteiger partial charge in [0.15, 0.2) is 0 Å². The fourth-order valence-corrected chi connectivity index (χ4v) is 4.08. The first kappa shape index (κ1) is 17.2. The molecule has 4 rings (SSSR count). The number of hydrogen-bond acceptors (Lipinski definition) is 2. The molecule has 3 nitrogen and oxygen atoms in total. The van der Waals surface area contributed by atoms with Gasteiger partial charge in [0, 0.05) is 32.0 Å². The van der Waals surface area contributed by atoms with Gasteiger partial charge in [-0.25, -0.2) is 8.78 Å². The van der Waals surface area contributed by atoms with Gasteiger partial charge in [-0.3, -0.25) is 4.79 Å². The molecule has 2 heterocycles. The van der Waals surface area contributed by atoms with Crippen molar-refractivity contribution in [3.63, 3.8) is 0 Å². The third-order valence-electron chi connectivity index (χ3n) is 5.48. The summed E-state index contributed by atoms with van der Waals surface area (Å²) in [6.07, 6.45) is 0.00981. The van der Waals surface area contributed by atoms with Gasteiger partial charge in [0.05, 0.1) is 6.04 Å². The molecule has 2 aromatic carbocycles. The number of alkyl halides is 1. The van der Waals surface area contributed by atoms with Crippen LogP contribution in [0.1, 0.15) is 29.2 Å². The van der Waals surface area contributed by atoms with Gasteiger partial charge in [-0.05, 0) is 35.2 Å². The summed E-state index contributed by atoms with van der Waals surface area (Å²) >= 11 is 0. The van der Waals surface area contributed by atoms with Crippen LogP contribution in [0.4, 0.5) is 8.78 Å². The van der Waals surface area contributed by atoms with E-state index in [1.165, 1.54) is 17.7 Å². The Morgan fingerprint density at radius 2 is 1.88 bits per heavy atom. The fourth-order valence-electron chi connectivity index (χ4n) is 4.08. The number of nitrogens with one attached hydrogen (secondary N) is 1. The summed E-state index contributed by atoms with van der Waals surface area (Å²) in [6.45, 7) is 1.45. The predicted molar refractivity (Wildman–Crippen MR) is 96.0 cm³/mol. The number of rotatable bonds is 3. The summed E-state index contributed by atoms with van der Waals surface area (Å²) in [5.41, 5.74) is 3.16. The quantitative estimate of drug-likeness (QED) is 0.916. The van der Waals surface area contributed by atoms with E-state index in [1.807, 2.05) is 23.1 Å². The van der Waals surface area contributed by atoms with E-state index in [9.17, 15) is 13.6 Å². The average molecular weight is 356 g/mol. The van der Waals surface area contributed by atoms with Gasteiger partial charge in [-0.15, -0.1) is 0 Å². The second kappa shape index (κ2) is 7.16. The smallest absolute Gasteiger partial charge is 0.223 e. The lowest BCUT2D eigenvalue weighted by Crippen LogP contribution is -2.41. The Morgan fingerprint density at radius 3 is 2.62 bits per heavy atom. The highest BCUT2D eigenvalue weighted by molar-refractivity contribution is 5.78. The fraction of sp³-hybridized carbons (Fsp3) is 0.381. The van der Waals surface area contributed by atoms with E-state index in [2.05, 4.69) is 11.4 Å². The molecule has 0 aliphatic carbocycles. The van der Waals surface area contributed by atoms with Crippen molar-refractivity contribution in [3.8, 4) is 0 Å². The zero-order chi connectivity index (χ0) is 18.1. The summed E-state index contributed by atoms with van der Waals surface area (Å²) in [5.74, 6) is -0.605. The van der Waals surface area contributed by atoms with Crippen LogP contribution < -0.4 is 5.32 Å². The molecule has 1 saturated heterocycles. The third-order valence-corrected chi connectivity index (χ3v) is 5.48. The molecule has 0 unspecified atom stereocenters. The minimum absolute atomic E-state index is 0.0369. The van der Waals surface area contributed by atoms with Gasteiger partial charge >= 0.3 is 0 Å². The van der Waals surface area contributed by atoms with Crippen molar-refractivity contribution in [2.75, 3.05) is 19.6 Å². The van der Waals surface area contributed by atoms with Gasteiger partial charge < -0.3 is 10.2 Å². The summed E-state index contributed by atoms with van der Waals surface area (Å²) in [6, 6.07) is 14.1. The molecular weight excluding hydrogens is 334 g/mol. The SMILES string of the molecule is O=C(C[C@@H]1CNC[C@@H]1F)N1CCc2ccccc2[C@@H]1c1ccc(F)cc1. The normalized spacial score (nSPS) is 25.2. The Balaban J connectivity index is 1.66. The highest BCUT2D eigenvalue weighted by atomic mass is 19.1. The van der Waals surface area contributed by atoms with Gasteiger partial charge in [0.25, 0.3) is 0 Å². The Kier molecular flexibility index (Phi) is 4.72. The molecule has 1 amide bonds. The maximum Gasteiger partial charge on any atom is 0.223 e. The average Bonchev–Trinajstić information content (AvgIpc) is 3.06. The highest BCUT2D eigenvalue weighted by Crippen LogP contribution is 2.36. The molecule has 0 bridgehead atoms. The molecule has 2 aliphatic rings. The summed E-state index contributed by atoms with van der Waals surface area (Å²) in [4.78, 5) is 14.9. The third kappa shape index (κ3) is 3.23. The standard InChI is InChI=1S/C21H22F2N2O/c22-17-7-5-15(6-8-17)21-18-4-2-1-3-14(18)9-10-25(21)20(26)11-16-12-24-13-19(16)23/h1-8,16,19,21,24H,9-13H2/t16-,19+,21+/m1/s1. The molecule has 0 spiro atoms. The van der Waals surface area contributed by atoms with E-state index in [0.29, 0.717) is 19.6 Å². The van der Waals surface area contributed by atoms with Crippen molar-refractivity contribution in [2.24, 2.45) is 5.92 Å². The van der Waals surface area contributed by atoms with Crippen LogP contribution in [0.3, 0.4) is 0 Å². The van der Waals surface area contributed by atoms with Gasteiger partial charge in [-0.1, -0.05) is 36.4 Å². The molecule has 26 heavy (non-hydrogen) atoms. The van der Waals surface area contributed by atoms with Crippen LogP contribution in [0.15, 0.2) is 48.5 Å². The minimum atomic E-state index is -0.972. The van der Waals surface area contributed by atoms with Crippen LogP contribution in [-0.4, -0.2) is 36.6 Å². The number of benzene rings is 2. The van der Waals surface area contributed by atoms with Crippen LogP contribution in [0.5, 0.6) is 0 Å². The maximum atomic E-state index is 13.9. The lowest BCUT2D eigenvalue weighted by molar-refractivity contribution is -0.134. The predicted octanol–water partition coefficient (Wildman–Crippen LogP) is 3.25. The van der Waals surface area contributed by atoms with Crippen LogP contribution >= 0.6 is 0 Å². The molecular formula is C21H22F2N2O. The van der Waals surface area contributed by atoms with Crippen molar-refractivity contribution in [3.05, 3.63) is 71.0 Å². The van der Waals surface area contributed by atoms with Crippen molar-refractivity contribution >= 4 is 5.91 Å². The number of amides is 1. The molecule has 1 fully saturated rings. The largest absolute Gasteiger partial charge is 0.331 e. The highest BCUT2D eigenvalue weighted by Gasteiger charge is 2.35. The molecule has 2 aromatic rings. The van der Waals surface area contributed by atoms with Crippen molar-refractivity contribution < 1.29 is 13.6 Å². The monoisotopic (exact) mass is 356 g/mol. The zero-order valence-electron chi connectivity index (χ0n) is 14.5. The van der Waals surface area contributed by atoms with Crippen LogP contribution in [0.2, 0.25) is 0 Å². The van der Waals surface area contributed by atoms with Gasteiger partial charge in [0.1, 0.15) is 12.0 Å². The van der Waals surface area contributed by atoms with E-state index < -0.39 is 6.17 Å². The van der Waals surface area contributed by atoms with Gasteiger partial charge in [-0.2, -0.15) is 0 Å². The molecule has 5 heteroatoms. The van der Waals surface area contributed by atoms with Crippen LogP contribution in [0, 0.1) is 11.7 Å². The van der Waals surface area contributed by atoms with E-state index >= 15 is 0 Å². The number of fused-ring (bicyclic) bond motifs is 1. The van der Waals surface area contributed by atoms with Crippen molar-refractivity contribution in [1.82, 2.24) is 10.2 Å². The molecule has 0 saturated carbocycles. The Bertz CT molecular complexity index is 793. The minimum Gasteiger partial charge on any atom is -0.331 e. The second-order valence-corrected chi connectivity index (χ2v) is 7.13. The van der Waals surface area contributed by atoms with E-state index in [-0.39, 0.29) is 30.1 Å². The van der Waals surface area contributed by atoms with Crippen LogP contribution in [0.25, 0.3) is 0 Å². The summed E-state index contributed by atoms with van der Waals surface area (Å²) in [7, 11) is 0. The van der Waals surface area contributed by atoms with Gasteiger partial charge in [0.2, 0.25) is 5.91 Å². The molecule has 0 aromatic heterocycles. The lowest BCUT2D eigenvalue weighted by Gasteiger charge is -2.38. The number of halogens is 2. The molecule has 2 aliphatic heterocycles. The van der Waals surface area contributed by atoms with E-state index in [1.54, 1.807) is 12.1 Å². The lowest BCUT2D eigenvalue weighted by atomic mass is 9.87. The first-order valence-corrected chi connectivity index (χ1v) is 9.11. The molecule has 0 radical (unpaired) electrons. The molecule has 136 valence electrons. The second-order valence-electron chi connectivity index (χ2n) is 7.13. The number of carbonyl (C=O) groups excluding carboxylic acids is 1. The topological polar surface area (TPSA) is 32.3 Å². The zero-order valence-corrected chi connectivity index (χ0v) is 14.5. The number of hydrogen-bond donors (Lipinski definition) is 1. The number of nitrogens with zero attached hydrogens (tertiary/aromatic N) is 1. The Morgan fingerprint density at radius 1 is 1.12 bits per heavy atom. The molecule has 3 atom stereocenters. The molecule has 1 N–H and O–H groups in total. The Hall–Kier alpha value is -2.27. The summed E-state index contributed by atoms with van der Waals surface area (Å²) < 4.78 is 27.3. The maximum absolute atomic E-state index is 13.9. The van der Waals surface area contributed by atoms with Crippen molar-refractivity contribution in [2.45, 2.75) is 25.1 Å². The van der Waals surface area contributed by atoms with E-state index in [0.717, 1.165) is 17.5 Å². The summed E-state index contributed by atoms with van der Waals surface area (Å²) in [5, 5.41) is 3.01. The van der Waals surface area contributed by atoms with Crippen molar-refractivity contribution in [1.29, 1.82) is 0 Å². The first-order chi connectivity index (χ1) is 12.6. The Labute approximate surface area is 152 Å².